The second-order valence-electron chi connectivity index (χ2n) is 7.09. The number of rotatable bonds is 2. The van der Waals surface area contributed by atoms with E-state index in [-0.39, 0.29) is 5.92 Å². The summed E-state index contributed by atoms with van der Waals surface area (Å²) in [6.45, 7) is 2.13. The van der Waals surface area contributed by atoms with Crippen molar-refractivity contribution in [3.8, 4) is 5.75 Å². The van der Waals surface area contributed by atoms with Crippen LogP contribution in [0.15, 0.2) is 97.1 Å². The van der Waals surface area contributed by atoms with Gasteiger partial charge in [-0.25, -0.2) is 0 Å². The van der Waals surface area contributed by atoms with E-state index in [2.05, 4.69) is 97.9 Å². The second kappa shape index (κ2) is 6.44. The first kappa shape index (κ1) is 15.9. The molecule has 1 heteroatoms. The lowest BCUT2D eigenvalue weighted by Gasteiger charge is -2.27. The molecule has 130 valence electrons. The second-order valence-corrected chi connectivity index (χ2v) is 7.09. The van der Waals surface area contributed by atoms with Crippen molar-refractivity contribution in [2.75, 3.05) is 0 Å². The Hall–Kier alpha value is -3.32. The lowest BCUT2D eigenvalue weighted by Crippen LogP contribution is -2.11. The zero-order chi connectivity index (χ0) is 18.2. The van der Waals surface area contributed by atoms with Crippen molar-refractivity contribution in [2.24, 2.45) is 0 Å². The standard InChI is InChI=1S/C26H20O/c1-18-11-13-20(14-12-18)23-17-25(21-8-3-2-4-9-21)27-24-16-15-19-7-5-6-10-22(19)26(23)24/h2-17,23H,1H3/t23-/m0/s1. The van der Waals surface area contributed by atoms with Gasteiger partial charge in [0.05, 0.1) is 0 Å². The predicted octanol–water partition coefficient (Wildman–Crippen LogP) is 6.71. The van der Waals surface area contributed by atoms with Crippen molar-refractivity contribution in [2.45, 2.75) is 12.8 Å². The van der Waals surface area contributed by atoms with Gasteiger partial charge < -0.3 is 4.74 Å². The van der Waals surface area contributed by atoms with Crippen LogP contribution in [0.3, 0.4) is 0 Å². The van der Waals surface area contributed by atoms with E-state index in [1.54, 1.807) is 0 Å². The van der Waals surface area contributed by atoms with Crippen LogP contribution in [0.25, 0.3) is 16.5 Å². The summed E-state index contributed by atoms with van der Waals surface area (Å²) in [4.78, 5) is 0. The van der Waals surface area contributed by atoms with E-state index in [1.807, 2.05) is 6.07 Å². The zero-order valence-corrected chi connectivity index (χ0v) is 15.2. The Morgan fingerprint density at radius 3 is 2.26 bits per heavy atom. The Labute approximate surface area is 159 Å². The monoisotopic (exact) mass is 348 g/mol. The highest BCUT2D eigenvalue weighted by atomic mass is 16.5. The number of allylic oxidation sites excluding steroid dienone is 1. The van der Waals surface area contributed by atoms with Crippen molar-refractivity contribution in [3.05, 3.63) is 119 Å². The van der Waals surface area contributed by atoms with Gasteiger partial charge in [-0.3, -0.25) is 0 Å². The van der Waals surface area contributed by atoms with Crippen molar-refractivity contribution in [3.63, 3.8) is 0 Å². The topological polar surface area (TPSA) is 9.23 Å². The first-order valence-electron chi connectivity index (χ1n) is 9.33. The summed E-state index contributed by atoms with van der Waals surface area (Å²) in [6.07, 6.45) is 2.26. The molecular formula is C26H20O. The third-order valence-electron chi connectivity index (χ3n) is 5.27. The summed E-state index contributed by atoms with van der Waals surface area (Å²) in [6, 6.07) is 32.0. The van der Waals surface area contributed by atoms with E-state index in [1.165, 1.54) is 27.5 Å². The molecule has 4 aromatic rings. The molecule has 0 aromatic heterocycles. The van der Waals surface area contributed by atoms with Crippen molar-refractivity contribution in [1.82, 2.24) is 0 Å². The van der Waals surface area contributed by atoms with Gasteiger partial charge in [0.15, 0.2) is 0 Å². The van der Waals surface area contributed by atoms with Crippen LogP contribution in [0.4, 0.5) is 0 Å². The Morgan fingerprint density at radius 2 is 1.44 bits per heavy atom. The maximum atomic E-state index is 6.36. The summed E-state index contributed by atoms with van der Waals surface area (Å²) >= 11 is 0. The molecule has 4 aromatic carbocycles. The molecule has 0 spiro atoms. The molecule has 5 rings (SSSR count). The highest BCUT2D eigenvalue weighted by Gasteiger charge is 2.26. The molecule has 1 aliphatic heterocycles. The zero-order valence-electron chi connectivity index (χ0n) is 15.2. The number of benzene rings is 4. The molecule has 0 radical (unpaired) electrons. The van der Waals surface area contributed by atoms with E-state index < -0.39 is 0 Å². The Bertz CT molecular complexity index is 1140. The number of fused-ring (bicyclic) bond motifs is 3. The maximum Gasteiger partial charge on any atom is 0.132 e. The molecule has 0 unspecified atom stereocenters. The molecule has 1 heterocycles. The van der Waals surface area contributed by atoms with E-state index in [9.17, 15) is 0 Å². The van der Waals surface area contributed by atoms with Gasteiger partial charge in [-0.05, 0) is 35.4 Å². The highest BCUT2D eigenvalue weighted by Crippen LogP contribution is 2.44. The molecule has 0 amide bonds. The minimum atomic E-state index is 0.163. The van der Waals surface area contributed by atoms with E-state index in [0.29, 0.717) is 0 Å². The van der Waals surface area contributed by atoms with Gasteiger partial charge in [-0.15, -0.1) is 0 Å². The normalized spacial score (nSPS) is 15.7. The van der Waals surface area contributed by atoms with Crippen molar-refractivity contribution in [1.29, 1.82) is 0 Å². The van der Waals surface area contributed by atoms with E-state index in [0.717, 1.165) is 17.1 Å². The molecule has 0 bridgehead atoms. The van der Waals surface area contributed by atoms with Gasteiger partial charge >= 0.3 is 0 Å². The number of hydrogen-bond acceptors (Lipinski definition) is 1. The fraction of sp³-hybridized carbons (Fsp3) is 0.0769. The Morgan fingerprint density at radius 1 is 0.704 bits per heavy atom. The first-order valence-corrected chi connectivity index (χ1v) is 9.33. The quantitative estimate of drug-likeness (QED) is 0.391. The van der Waals surface area contributed by atoms with Crippen LogP contribution in [0.1, 0.15) is 28.2 Å². The molecular weight excluding hydrogens is 328 g/mol. The minimum absolute atomic E-state index is 0.163. The number of aryl methyl sites for hydroxylation is 1. The van der Waals surface area contributed by atoms with Crippen molar-refractivity contribution >= 4 is 16.5 Å². The van der Waals surface area contributed by atoms with Gasteiger partial charge in [-0.2, -0.15) is 0 Å². The summed E-state index contributed by atoms with van der Waals surface area (Å²) in [5.74, 6) is 2.03. The van der Waals surface area contributed by atoms with Crippen LogP contribution in [0, 0.1) is 6.92 Å². The van der Waals surface area contributed by atoms with Crippen LogP contribution in [-0.2, 0) is 0 Å². The summed E-state index contributed by atoms with van der Waals surface area (Å²) < 4.78 is 6.36. The Balaban J connectivity index is 1.75. The minimum Gasteiger partial charge on any atom is -0.457 e. The van der Waals surface area contributed by atoms with Gasteiger partial charge in [0, 0.05) is 17.0 Å². The SMILES string of the molecule is Cc1ccc([C@@H]2C=C(c3ccccc3)Oc3ccc4ccccc4c32)cc1. The molecule has 1 nitrogen and oxygen atoms in total. The van der Waals surface area contributed by atoms with E-state index in [4.69, 9.17) is 4.74 Å². The van der Waals surface area contributed by atoms with Crippen molar-refractivity contribution < 1.29 is 4.74 Å². The summed E-state index contributed by atoms with van der Waals surface area (Å²) in [7, 11) is 0. The van der Waals surface area contributed by atoms with Gasteiger partial charge in [0.25, 0.3) is 0 Å². The fourth-order valence-corrected chi connectivity index (χ4v) is 3.87. The summed E-state index contributed by atoms with van der Waals surface area (Å²) in [5.41, 5.74) is 4.91. The molecule has 1 atom stereocenters. The fourth-order valence-electron chi connectivity index (χ4n) is 3.87. The summed E-state index contributed by atoms with van der Waals surface area (Å²) in [5, 5.41) is 2.50. The number of hydrogen-bond donors (Lipinski definition) is 0. The highest BCUT2D eigenvalue weighted by molar-refractivity contribution is 5.90. The molecule has 0 fully saturated rings. The average Bonchev–Trinajstić information content (AvgIpc) is 2.74. The lowest BCUT2D eigenvalue weighted by molar-refractivity contribution is 0.494. The van der Waals surface area contributed by atoms with Gasteiger partial charge in [-0.1, -0.05) is 90.5 Å². The number of ether oxygens (including phenoxy) is 1. The lowest BCUT2D eigenvalue weighted by atomic mass is 9.84. The largest absolute Gasteiger partial charge is 0.457 e. The molecule has 0 saturated heterocycles. The van der Waals surface area contributed by atoms with Gasteiger partial charge in [0.2, 0.25) is 0 Å². The van der Waals surface area contributed by atoms with Crippen LogP contribution in [-0.4, -0.2) is 0 Å². The molecule has 0 saturated carbocycles. The molecule has 27 heavy (non-hydrogen) atoms. The average molecular weight is 348 g/mol. The van der Waals surface area contributed by atoms with Crippen LogP contribution < -0.4 is 4.74 Å². The predicted molar refractivity (Wildman–Crippen MR) is 112 cm³/mol. The Kier molecular flexibility index (Phi) is 3.79. The molecule has 1 aliphatic rings. The molecule has 0 N–H and O–H groups in total. The van der Waals surface area contributed by atoms with Crippen LogP contribution in [0.5, 0.6) is 5.75 Å². The smallest absolute Gasteiger partial charge is 0.132 e. The maximum absolute atomic E-state index is 6.36. The van der Waals surface area contributed by atoms with Crippen LogP contribution in [0.2, 0.25) is 0 Å². The van der Waals surface area contributed by atoms with Gasteiger partial charge in [0.1, 0.15) is 11.5 Å². The van der Waals surface area contributed by atoms with E-state index >= 15 is 0 Å². The molecule has 0 aliphatic carbocycles. The first-order chi connectivity index (χ1) is 13.3. The van der Waals surface area contributed by atoms with Crippen LogP contribution >= 0.6 is 0 Å². The third kappa shape index (κ3) is 2.82. The third-order valence-corrected chi connectivity index (χ3v) is 5.27.